The molecule has 1 amide bonds. The van der Waals surface area contributed by atoms with Gasteiger partial charge in [0.05, 0.1) is 13.2 Å². The maximum Gasteiger partial charge on any atom is 0.220 e. The van der Waals surface area contributed by atoms with Crippen LogP contribution in [0.3, 0.4) is 0 Å². The summed E-state index contributed by atoms with van der Waals surface area (Å²) in [5, 5.41) is 2.96. The molecule has 0 unspecified atom stereocenters. The van der Waals surface area contributed by atoms with Crippen LogP contribution in [-0.2, 0) is 14.3 Å². The van der Waals surface area contributed by atoms with Crippen molar-refractivity contribution in [1.82, 2.24) is 5.32 Å². The van der Waals surface area contributed by atoms with E-state index in [-0.39, 0.29) is 5.91 Å². The Labute approximate surface area is 236 Å². The highest BCUT2D eigenvalue weighted by atomic mass is 32.1. The van der Waals surface area contributed by atoms with Crippen molar-refractivity contribution < 1.29 is 14.3 Å². The van der Waals surface area contributed by atoms with Gasteiger partial charge in [0.1, 0.15) is 0 Å². The van der Waals surface area contributed by atoms with Crippen LogP contribution in [-0.4, -0.2) is 44.6 Å². The van der Waals surface area contributed by atoms with Crippen LogP contribution in [0.25, 0.3) is 0 Å². The number of unbranched alkanes of at least 4 members (excludes halogenated alkanes) is 16. The first-order chi connectivity index (χ1) is 18.3. The normalized spacial score (nSPS) is 10.3. The molecule has 0 saturated carbocycles. The highest BCUT2D eigenvalue weighted by Gasteiger charge is 2.00. The molecule has 0 radical (unpaired) electrons. The molecule has 0 aliphatic rings. The molecule has 0 aromatic carbocycles. The van der Waals surface area contributed by atoms with Gasteiger partial charge in [-0.05, 0) is 38.5 Å². The average molecular weight is 540 g/mol. The highest BCUT2D eigenvalue weighted by molar-refractivity contribution is 7.80. The zero-order valence-electron chi connectivity index (χ0n) is 24.5. The molecule has 0 bridgehead atoms. The maximum absolute atomic E-state index is 11.9. The van der Waals surface area contributed by atoms with Crippen LogP contribution in [0.2, 0.25) is 0 Å². The largest absolute Gasteiger partial charge is 0.381 e. The summed E-state index contributed by atoms with van der Waals surface area (Å²) in [6, 6.07) is 0. The summed E-state index contributed by atoms with van der Waals surface area (Å²) in [4.78, 5) is 11.9. The molecular formula is C32H61NO3S. The first-order valence-corrected chi connectivity index (χ1v) is 15.9. The molecule has 0 spiro atoms. The van der Waals surface area contributed by atoms with E-state index in [0.29, 0.717) is 19.6 Å². The number of thiol groups is 1. The third kappa shape index (κ3) is 37.3. The molecule has 0 aliphatic carbocycles. The summed E-state index contributed by atoms with van der Waals surface area (Å²) in [6.45, 7) is 11.8. The Morgan fingerprint density at radius 3 is 1.65 bits per heavy atom. The molecule has 1 N–H and O–H groups in total. The minimum Gasteiger partial charge on any atom is -0.381 e. The van der Waals surface area contributed by atoms with Crippen LogP contribution >= 0.6 is 12.6 Å². The summed E-state index contributed by atoms with van der Waals surface area (Å²) >= 11 is 4.11. The number of amides is 1. The molecule has 0 saturated heterocycles. The molecule has 0 heterocycles. The van der Waals surface area contributed by atoms with Crippen LogP contribution in [0.1, 0.15) is 135 Å². The number of hydrogen-bond acceptors (Lipinski definition) is 4. The monoisotopic (exact) mass is 539 g/mol. The van der Waals surface area contributed by atoms with E-state index in [0.717, 1.165) is 70.5 Å². The molecule has 5 heteroatoms. The fourth-order valence-electron chi connectivity index (χ4n) is 3.93. The second-order valence-corrected chi connectivity index (χ2v) is 10.0. The van der Waals surface area contributed by atoms with Crippen molar-refractivity contribution in [2.24, 2.45) is 0 Å². The number of ether oxygens (including phenoxy) is 2. The van der Waals surface area contributed by atoms with Crippen molar-refractivity contribution in [2.45, 2.75) is 135 Å². The van der Waals surface area contributed by atoms with Crippen molar-refractivity contribution in [3.05, 3.63) is 13.2 Å². The smallest absolute Gasteiger partial charge is 0.220 e. The Hall–Kier alpha value is -0.960. The first kappa shape index (κ1) is 38.2. The predicted molar refractivity (Wildman–Crippen MR) is 166 cm³/mol. The Bertz CT molecular complexity index is 504. The maximum atomic E-state index is 11.9. The molecule has 0 atom stereocenters. The number of rotatable bonds is 27. The van der Waals surface area contributed by atoms with E-state index in [4.69, 9.17) is 9.47 Å². The molecule has 0 aromatic rings. The SMILES string of the molecule is C=C.CCCCCCCCCCC#CCCCCCCCCC(=O)NCCOCCCCCOCCS. The van der Waals surface area contributed by atoms with E-state index in [1.165, 1.54) is 77.0 Å². The Balaban J connectivity index is 0. The lowest BCUT2D eigenvalue weighted by molar-refractivity contribution is -0.121. The van der Waals surface area contributed by atoms with Crippen LogP contribution < -0.4 is 5.32 Å². The summed E-state index contributed by atoms with van der Waals surface area (Å²) in [7, 11) is 0. The van der Waals surface area contributed by atoms with Crippen molar-refractivity contribution in [3.8, 4) is 11.8 Å². The van der Waals surface area contributed by atoms with Crippen LogP contribution in [0.5, 0.6) is 0 Å². The third-order valence-electron chi connectivity index (χ3n) is 6.12. The zero-order chi connectivity index (χ0) is 27.5. The molecule has 0 aliphatic heterocycles. The van der Waals surface area contributed by atoms with Gasteiger partial charge in [-0.1, -0.05) is 77.6 Å². The Morgan fingerprint density at radius 1 is 0.649 bits per heavy atom. The van der Waals surface area contributed by atoms with Crippen LogP contribution in [0.15, 0.2) is 13.2 Å². The summed E-state index contributed by atoms with van der Waals surface area (Å²) in [6.07, 6.45) is 24.1. The van der Waals surface area contributed by atoms with Gasteiger partial charge in [0.25, 0.3) is 0 Å². The quantitative estimate of drug-likeness (QED) is 0.0475. The fraction of sp³-hybridized carbons (Fsp3) is 0.844. The molecule has 218 valence electrons. The summed E-state index contributed by atoms with van der Waals surface area (Å²) < 4.78 is 11.0. The fourth-order valence-corrected chi connectivity index (χ4v) is 4.06. The van der Waals surface area contributed by atoms with Crippen molar-refractivity contribution >= 4 is 18.5 Å². The average Bonchev–Trinajstić information content (AvgIpc) is 2.92. The van der Waals surface area contributed by atoms with Crippen molar-refractivity contribution in [1.29, 1.82) is 0 Å². The van der Waals surface area contributed by atoms with Gasteiger partial charge in [-0.2, -0.15) is 12.6 Å². The van der Waals surface area contributed by atoms with E-state index in [2.05, 4.69) is 49.9 Å². The van der Waals surface area contributed by atoms with E-state index >= 15 is 0 Å². The van der Waals surface area contributed by atoms with E-state index in [9.17, 15) is 4.79 Å². The lowest BCUT2D eigenvalue weighted by atomic mass is 10.1. The van der Waals surface area contributed by atoms with Gasteiger partial charge in [-0.15, -0.1) is 25.0 Å². The predicted octanol–water partition coefficient (Wildman–Crippen LogP) is 8.69. The van der Waals surface area contributed by atoms with Gasteiger partial charge in [0.15, 0.2) is 0 Å². The van der Waals surface area contributed by atoms with Gasteiger partial charge in [0, 0.05) is 44.8 Å². The van der Waals surface area contributed by atoms with E-state index in [1.54, 1.807) is 0 Å². The number of hydrogen-bond donors (Lipinski definition) is 2. The minimum atomic E-state index is 0.154. The summed E-state index contributed by atoms with van der Waals surface area (Å²) in [5.74, 6) is 7.64. The number of carbonyl (C=O) groups excluding carboxylic acids is 1. The van der Waals surface area contributed by atoms with Crippen LogP contribution in [0, 0.1) is 11.8 Å². The van der Waals surface area contributed by atoms with Gasteiger partial charge in [0.2, 0.25) is 5.91 Å². The van der Waals surface area contributed by atoms with E-state index < -0.39 is 0 Å². The standard InChI is InChI=1S/C30H57NO3S.C2H4/c1-2-3-4-5-6-7-8-9-10-11-12-13-14-15-16-17-18-20-23-30(32)31-24-27-33-25-21-19-22-26-34-28-29-35;1-2/h35H,2-10,13-29H2,1H3,(H,31,32);1-2H2. The van der Waals surface area contributed by atoms with Gasteiger partial charge in [-0.3, -0.25) is 4.79 Å². The lowest BCUT2D eigenvalue weighted by Gasteiger charge is -2.07. The number of nitrogens with one attached hydrogen (secondary N) is 1. The summed E-state index contributed by atoms with van der Waals surface area (Å²) in [5.41, 5.74) is 0. The molecule has 4 nitrogen and oxygen atoms in total. The Kier molecular flexibility index (Phi) is 38.4. The second-order valence-electron chi connectivity index (χ2n) is 9.56. The van der Waals surface area contributed by atoms with Gasteiger partial charge in [-0.25, -0.2) is 0 Å². The van der Waals surface area contributed by atoms with Gasteiger partial charge < -0.3 is 14.8 Å². The van der Waals surface area contributed by atoms with Crippen molar-refractivity contribution in [2.75, 3.05) is 38.7 Å². The minimum absolute atomic E-state index is 0.154. The van der Waals surface area contributed by atoms with E-state index in [1.807, 2.05) is 0 Å². The molecule has 37 heavy (non-hydrogen) atoms. The number of carbonyl (C=O) groups is 1. The molecule has 0 fully saturated rings. The van der Waals surface area contributed by atoms with Gasteiger partial charge >= 0.3 is 0 Å². The molecule has 0 rings (SSSR count). The third-order valence-corrected chi connectivity index (χ3v) is 6.30. The lowest BCUT2D eigenvalue weighted by Crippen LogP contribution is -2.27. The van der Waals surface area contributed by atoms with Crippen molar-refractivity contribution in [3.63, 3.8) is 0 Å². The Morgan fingerprint density at radius 2 is 1.11 bits per heavy atom. The molecular weight excluding hydrogens is 478 g/mol. The topological polar surface area (TPSA) is 47.6 Å². The van der Waals surface area contributed by atoms with Crippen LogP contribution in [0.4, 0.5) is 0 Å². The zero-order valence-corrected chi connectivity index (χ0v) is 25.4. The molecule has 0 aromatic heterocycles. The second kappa shape index (κ2) is 37.2. The first-order valence-electron chi connectivity index (χ1n) is 15.3. The highest BCUT2D eigenvalue weighted by Crippen LogP contribution is 2.10.